The van der Waals surface area contributed by atoms with Crippen LogP contribution in [0.5, 0.6) is 0 Å². The summed E-state index contributed by atoms with van der Waals surface area (Å²) in [6, 6.07) is 0.115. The normalized spacial score (nSPS) is 23.6. The average Bonchev–Trinajstić information content (AvgIpc) is 2.69. The highest BCUT2D eigenvalue weighted by atomic mass is 32.1. The molecule has 0 aliphatic carbocycles. The number of thiazole rings is 1. The highest BCUT2D eigenvalue weighted by molar-refractivity contribution is 7.07. The predicted molar refractivity (Wildman–Crippen MR) is 74.5 cm³/mol. The molecule has 6 heteroatoms. The van der Waals surface area contributed by atoms with Crippen molar-refractivity contribution in [1.29, 1.82) is 0 Å². The Morgan fingerprint density at radius 2 is 2.26 bits per heavy atom. The van der Waals surface area contributed by atoms with Gasteiger partial charge >= 0.3 is 4.87 Å². The summed E-state index contributed by atoms with van der Waals surface area (Å²) >= 11 is 1.18. The maximum atomic E-state index is 12.2. The summed E-state index contributed by atoms with van der Waals surface area (Å²) in [5, 5.41) is 1.83. The zero-order valence-corrected chi connectivity index (χ0v) is 12.4. The molecule has 2 rings (SSSR count). The van der Waals surface area contributed by atoms with Gasteiger partial charge in [-0.1, -0.05) is 11.3 Å². The van der Waals surface area contributed by atoms with E-state index in [1.165, 1.54) is 11.3 Å². The molecule has 0 radical (unpaired) electrons. The van der Waals surface area contributed by atoms with Crippen LogP contribution in [0.4, 0.5) is 0 Å². The Kier molecular flexibility index (Phi) is 4.42. The van der Waals surface area contributed by atoms with Gasteiger partial charge < -0.3 is 14.2 Å². The van der Waals surface area contributed by atoms with E-state index in [1.807, 2.05) is 31.1 Å². The maximum Gasteiger partial charge on any atom is 0.307 e. The topological polar surface area (TPSA) is 51.5 Å². The van der Waals surface area contributed by atoms with Crippen molar-refractivity contribution < 1.29 is 9.53 Å². The lowest BCUT2D eigenvalue weighted by atomic mass is 10.2. The van der Waals surface area contributed by atoms with Crippen molar-refractivity contribution in [2.75, 3.05) is 13.2 Å². The minimum absolute atomic E-state index is 0.00805. The second-order valence-corrected chi connectivity index (χ2v) is 5.90. The SMILES string of the molecule is Cc1csc(=O)n1CCC(=O)N1C[C@@H](C)OC[C@@H]1C. The van der Waals surface area contributed by atoms with Crippen molar-refractivity contribution in [2.24, 2.45) is 0 Å². The molecule has 2 heterocycles. The van der Waals surface area contributed by atoms with E-state index in [4.69, 9.17) is 4.74 Å². The van der Waals surface area contributed by atoms with Gasteiger partial charge in [-0.25, -0.2) is 0 Å². The van der Waals surface area contributed by atoms with Crippen molar-refractivity contribution in [3.63, 3.8) is 0 Å². The second-order valence-electron chi connectivity index (χ2n) is 5.08. The molecule has 0 unspecified atom stereocenters. The molecule has 1 aromatic heterocycles. The molecule has 1 saturated heterocycles. The molecule has 106 valence electrons. The van der Waals surface area contributed by atoms with Crippen LogP contribution in [-0.2, 0) is 16.1 Å². The standard InChI is InChI=1S/C13H20N2O3S/c1-9-7-18-11(3)6-15(9)12(16)4-5-14-10(2)8-19-13(14)17/h8-9,11H,4-7H2,1-3H3/t9-,11+/m0/s1. The molecule has 0 spiro atoms. The second kappa shape index (κ2) is 5.88. The molecule has 1 fully saturated rings. The van der Waals surface area contributed by atoms with Crippen molar-refractivity contribution >= 4 is 17.2 Å². The van der Waals surface area contributed by atoms with E-state index in [2.05, 4.69) is 0 Å². The van der Waals surface area contributed by atoms with Gasteiger partial charge in [-0.05, 0) is 20.8 Å². The largest absolute Gasteiger partial charge is 0.375 e. The van der Waals surface area contributed by atoms with E-state index < -0.39 is 0 Å². The summed E-state index contributed by atoms with van der Waals surface area (Å²) in [4.78, 5) is 25.7. The molecule has 1 aliphatic rings. The van der Waals surface area contributed by atoms with E-state index in [0.717, 1.165) is 5.69 Å². The highest BCUT2D eigenvalue weighted by Crippen LogP contribution is 2.13. The summed E-state index contributed by atoms with van der Waals surface area (Å²) in [6.45, 7) is 7.54. The highest BCUT2D eigenvalue weighted by Gasteiger charge is 2.27. The van der Waals surface area contributed by atoms with Crippen molar-refractivity contribution in [2.45, 2.75) is 45.9 Å². The Labute approximate surface area is 116 Å². The lowest BCUT2D eigenvalue weighted by Crippen LogP contribution is -2.50. The van der Waals surface area contributed by atoms with Gasteiger partial charge in [0, 0.05) is 30.6 Å². The zero-order chi connectivity index (χ0) is 14.0. The number of rotatable bonds is 3. The first-order valence-corrected chi connectivity index (χ1v) is 7.43. The van der Waals surface area contributed by atoms with Crippen LogP contribution in [-0.4, -0.2) is 40.7 Å². The Bertz CT molecular complexity index is 508. The summed E-state index contributed by atoms with van der Waals surface area (Å²) in [7, 11) is 0. The number of carbonyl (C=O) groups is 1. The fourth-order valence-electron chi connectivity index (χ4n) is 2.28. The van der Waals surface area contributed by atoms with E-state index in [-0.39, 0.29) is 22.9 Å². The summed E-state index contributed by atoms with van der Waals surface area (Å²) in [5.41, 5.74) is 0.922. The van der Waals surface area contributed by atoms with Gasteiger partial charge in [0.15, 0.2) is 0 Å². The van der Waals surface area contributed by atoms with Crippen LogP contribution in [0.15, 0.2) is 10.2 Å². The molecule has 0 saturated carbocycles. The van der Waals surface area contributed by atoms with Gasteiger partial charge in [0.2, 0.25) is 5.91 Å². The van der Waals surface area contributed by atoms with Gasteiger partial charge in [0.1, 0.15) is 0 Å². The van der Waals surface area contributed by atoms with Crippen LogP contribution in [0.3, 0.4) is 0 Å². The van der Waals surface area contributed by atoms with Crippen LogP contribution in [0.2, 0.25) is 0 Å². The molecule has 0 bridgehead atoms. The lowest BCUT2D eigenvalue weighted by Gasteiger charge is -2.36. The number of carbonyl (C=O) groups excluding carboxylic acids is 1. The number of aromatic nitrogens is 1. The summed E-state index contributed by atoms with van der Waals surface area (Å²) in [5.74, 6) is 0.0974. The first-order valence-electron chi connectivity index (χ1n) is 6.55. The van der Waals surface area contributed by atoms with Crippen molar-refractivity contribution in [3.8, 4) is 0 Å². The molecule has 0 aromatic carbocycles. The fraction of sp³-hybridized carbons (Fsp3) is 0.692. The minimum Gasteiger partial charge on any atom is -0.375 e. The molecule has 1 amide bonds. The number of amides is 1. The lowest BCUT2D eigenvalue weighted by molar-refractivity contribution is -0.143. The first-order chi connectivity index (χ1) is 8.99. The first kappa shape index (κ1) is 14.3. The van der Waals surface area contributed by atoms with Gasteiger partial charge in [-0.2, -0.15) is 0 Å². The van der Waals surface area contributed by atoms with Crippen molar-refractivity contribution in [3.05, 3.63) is 20.7 Å². The molecule has 1 aromatic rings. The molecule has 5 nitrogen and oxygen atoms in total. The van der Waals surface area contributed by atoms with Crippen LogP contribution in [0.1, 0.15) is 26.0 Å². The molecule has 1 aliphatic heterocycles. The molecule has 0 N–H and O–H groups in total. The van der Waals surface area contributed by atoms with Gasteiger partial charge in [0.25, 0.3) is 0 Å². The minimum atomic E-state index is 0.00805. The number of aryl methyl sites for hydroxylation is 1. The summed E-state index contributed by atoms with van der Waals surface area (Å²) < 4.78 is 7.18. The Balaban J connectivity index is 1.96. The number of nitrogens with zero attached hydrogens (tertiary/aromatic N) is 2. The zero-order valence-electron chi connectivity index (χ0n) is 11.6. The Morgan fingerprint density at radius 3 is 2.89 bits per heavy atom. The Morgan fingerprint density at radius 1 is 1.53 bits per heavy atom. The molecule has 19 heavy (non-hydrogen) atoms. The van der Waals surface area contributed by atoms with E-state index in [9.17, 15) is 9.59 Å². The van der Waals surface area contributed by atoms with Crippen molar-refractivity contribution in [1.82, 2.24) is 9.47 Å². The van der Waals surface area contributed by atoms with Crippen LogP contribution < -0.4 is 4.87 Å². The number of ether oxygens (including phenoxy) is 1. The third-order valence-electron chi connectivity index (χ3n) is 3.45. The number of hydrogen-bond acceptors (Lipinski definition) is 4. The third kappa shape index (κ3) is 3.25. The Hall–Kier alpha value is -1.14. The maximum absolute atomic E-state index is 12.2. The van der Waals surface area contributed by atoms with E-state index in [0.29, 0.717) is 26.1 Å². The van der Waals surface area contributed by atoms with Gasteiger partial charge in [-0.15, -0.1) is 0 Å². The smallest absolute Gasteiger partial charge is 0.307 e. The van der Waals surface area contributed by atoms with Crippen LogP contribution in [0, 0.1) is 6.92 Å². The van der Waals surface area contributed by atoms with E-state index in [1.54, 1.807) is 4.57 Å². The van der Waals surface area contributed by atoms with Gasteiger partial charge in [-0.3, -0.25) is 9.59 Å². The molecule has 2 atom stereocenters. The fourth-order valence-corrected chi connectivity index (χ4v) is 3.04. The van der Waals surface area contributed by atoms with Gasteiger partial charge in [0.05, 0.1) is 18.8 Å². The van der Waals surface area contributed by atoms with Crippen LogP contribution in [0.25, 0.3) is 0 Å². The quantitative estimate of drug-likeness (QED) is 0.839. The molecular weight excluding hydrogens is 264 g/mol. The monoisotopic (exact) mass is 284 g/mol. The number of hydrogen-bond donors (Lipinski definition) is 0. The number of morpholine rings is 1. The molecular formula is C13H20N2O3S. The third-order valence-corrected chi connectivity index (χ3v) is 4.33. The van der Waals surface area contributed by atoms with Crippen LogP contribution >= 0.6 is 11.3 Å². The average molecular weight is 284 g/mol. The predicted octanol–water partition coefficient (Wildman–Crippen LogP) is 1.24. The summed E-state index contributed by atoms with van der Waals surface area (Å²) in [6.07, 6.45) is 0.458. The van der Waals surface area contributed by atoms with E-state index >= 15 is 0 Å².